The summed E-state index contributed by atoms with van der Waals surface area (Å²) < 4.78 is 0.875. The molecule has 1 atom stereocenters. The Hall–Kier alpha value is -1.61. The highest BCUT2D eigenvalue weighted by Gasteiger charge is 2.21. The van der Waals surface area contributed by atoms with E-state index < -0.39 is 11.9 Å². The van der Waals surface area contributed by atoms with Gasteiger partial charge in [0.05, 0.1) is 5.92 Å². The van der Waals surface area contributed by atoms with E-state index in [0.29, 0.717) is 6.42 Å². The van der Waals surface area contributed by atoms with E-state index in [1.165, 1.54) is 5.56 Å². The summed E-state index contributed by atoms with van der Waals surface area (Å²) in [5.41, 5.74) is 2.18. The topological polar surface area (TPSA) is 37.3 Å². The highest BCUT2D eigenvalue weighted by Crippen LogP contribution is 2.29. The smallest absolute Gasteiger partial charge is 0.311 e. The van der Waals surface area contributed by atoms with Crippen molar-refractivity contribution in [3.05, 3.63) is 70.2 Å². The van der Waals surface area contributed by atoms with Gasteiger partial charge in [-0.3, -0.25) is 4.79 Å². The van der Waals surface area contributed by atoms with Gasteiger partial charge in [-0.25, -0.2) is 0 Å². The molecule has 1 unspecified atom stereocenters. The van der Waals surface area contributed by atoms with E-state index in [9.17, 15) is 9.90 Å². The molecule has 21 heavy (non-hydrogen) atoms. The highest BCUT2D eigenvalue weighted by molar-refractivity contribution is 9.10. The zero-order valence-electron chi connectivity index (χ0n) is 11.8. The van der Waals surface area contributed by atoms with Crippen molar-refractivity contribution in [3.63, 3.8) is 0 Å². The van der Waals surface area contributed by atoms with Crippen LogP contribution in [0.2, 0.25) is 0 Å². The molecule has 0 saturated carbocycles. The molecule has 0 fully saturated rings. The summed E-state index contributed by atoms with van der Waals surface area (Å²) in [7, 11) is 0. The second kappa shape index (κ2) is 7.99. The van der Waals surface area contributed by atoms with Crippen molar-refractivity contribution in [3.8, 4) is 0 Å². The van der Waals surface area contributed by atoms with Crippen LogP contribution < -0.4 is 0 Å². The Balaban J connectivity index is 1.90. The van der Waals surface area contributed by atoms with Crippen LogP contribution in [0, 0.1) is 0 Å². The Kier molecular flexibility index (Phi) is 6.00. The van der Waals surface area contributed by atoms with Gasteiger partial charge in [-0.15, -0.1) is 0 Å². The molecule has 2 aromatic carbocycles. The number of benzene rings is 2. The molecule has 0 saturated heterocycles. The quantitative estimate of drug-likeness (QED) is 0.713. The van der Waals surface area contributed by atoms with Gasteiger partial charge in [0.1, 0.15) is 0 Å². The number of hydrogen-bond donors (Lipinski definition) is 1. The molecular formula is C18H19BrO2. The fourth-order valence-electron chi connectivity index (χ4n) is 2.49. The first-order valence-electron chi connectivity index (χ1n) is 7.19. The Morgan fingerprint density at radius 3 is 2.33 bits per heavy atom. The van der Waals surface area contributed by atoms with E-state index in [1.54, 1.807) is 0 Å². The van der Waals surface area contributed by atoms with E-state index in [1.807, 2.05) is 42.5 Å². The maximum atomic E-state index is 11.5. The summed E-state index contributed by atoms with van der Waals surface area (Å²) in [4.78, 5) is 11.5. The monoisotopic (exact) mass is 346 g/mol. The van der Waals surface area contributed by atoms with Crippen molar-refractivity contribution in [2.75, 3.05) is 0 Å². The molecule has 0 radical (unpaired) electrons. The molecule has 0 spiro atoms. The molecule has 0 amide bonds. The molecule has 1 N–H and O–H groups in total. The number of halogens is 1. The fraction of sp³-hybridized carbons (Fsp3) is 0.278. The molecule has 0 aliphatic rings. The predicted octanol–water partition coefficient (Wildman–Crippen LogP) is 5.03. The van der Waals surface area contributed by atoms with Crippen molar-refractivity contribution >= 4 is 21.9 Å². The highest BCUT2D eigenvalue weighted by atomic mass is 79.9. The molecule has 2 aromatic rings. The molecule has 0 aliphatic carbocycles. The lowest BCUT2D eigenvalue weighted by Gasteiger charge is -2.14. The van der Waals surface area contributed by atoms with E-state index in [0.717, 1.165) is 29.3 Å². The Morgan fingerprint density at radius 2 is 1.67 bits per heavy atom. The van der Waals surface area contributed by atoms with Crippen molar-refractivity contribution in [1.29, 1.82) is 0 Å². The summed E-state index contributed by atoms with van der Waals surface area (Å²) in [6, 6.07) is 17.9. The second-order valence-electron chi connectivity index (χ2n) is 5.14. The number of rotatable bonds is 7. The molecule has 0 aromatic heterocycles. The van der Waals surface area contributed by atoms with Crippen molar-refractivity contribution in [2.45, 2.75) is 31.6 Å². The van der Waals surface area contributed by atoms with Gasteiger partial charge in [0, 0.05) is 4.47 Å². The average molecular weight is 347 g/mol. The standard InChI is InChI=1S/C18H19BrO2/c19-17-13-7-6-11-15(17)16(18(20)21)12-5-4-10-14-8-2-1-3-9-14/h1-3,6-9,11,13,16H,4-5,10,12H2,(H,20,21). The van der Waals surface area contributed by atoms with Gasteiger partial charge >= 0.3 is 5.97 Å². The van der Waals surface area contributed by atoms with Crippen LogP contribution in [0.1, 0.15) is 36.3 Å². The minimum Gasteiger partial charge on any atom is -0.481 e. The molecule has 0 bridgehead atoms. The van der Waals surface area contributed by atoms with Gasteiger partial charge in [-0.2, -0.15) is 0 Å². The van der Waals surface area contributed by atoms with Gasteiger partial charge in [-0.05, 0) is 36.5 Å². The zero-order valence-corrected chi connectivity index (χ0v) is 13.4. The summed E-state index contributed by atoms with van der Waals surface area (Å²) in [5, 5.41) is 9.45. The van der Waals surface area contributed by atoms with E-state index in [2.05, 4.69) is 28.1 Å². The summed E-state index contributed by atoms with van der Waals surface area (Å²) in [6.07, 6.45) is 3.60. The van der Waals surface area contributed by atoms with Crippen LogP contribution in [0.3, 0.4) is 0 Å². The minimum absolute atomic E-state index is 0.434. The van der Waals surface area contributed by atoms with Crippen LogP contribution in [0.5, 0.6) is 0 Å². The largest absolute Gasteiger partial charge is 0.481 e. The van der Waals surface area contributed by atoms with Gasteiger partial charge < -0.3 is 5.11 Å². The summed E-state index contributed by atoms with van der Waals surface area (Å²) in [6.45, 7) is 0. The number of aryl methyl sites for hydroxylation is 1. The number of aliphatic carboxylic acids is 1. The van der Waals surface area contributed by atoms with Gasteiger partial charge in [0.2, 0.25) is 0 Å². The minimum atomic E-state index is -0.749. The number of carbonyl (C=O) groups is 1. The Labute approximate surface area is 134 Å². The number of carboxylic acid groups (broad SMARTS) is 1. The van der Waals surface area contributed by atoms with Crippen LogP contribution in [0.25, 0.3) is 0 Å². The normalized spacial score (nSPS) is 12.0. The number of carboxylic acids is 1. The van der Waals surface area contributed by atoms with E-state index >= 15 is 0 Å². The first kappa shape index (κ1) is 15.8. The molecule has 3 heteroatoms. The van der Waals surface area contributed by atoms with Crippen LogP contribution in [-0.2, 0) is 11.2 Å². The predicted molar refractivity (Wildman–Crippen MR) is 88.5 cm³/mol. The fourth-order valence-corrected chi connectivity index (χ4v) is 3.05. The molecule has 110 valence electrons. The second-order valence-corrected chi connectivity index (χ2v) is 6.00. The summed E-state index contributed by atoms with van der Waals surface area (Å²) in [5.74, 6) is -1.18. The molecule has 0 aliphatic heterocycles. The molecular weight excluding hydrogens is 328 g/mol. The third kappa shape index (κ3) is 4.71. The Bertz CT molecular complexity index is 581. The lowest BCUT2D eigenvalue weighted by atomic mass is 9.93. The third-order valence-electron chi connectivity index (χ3n) is 3.63. The SMILES string of the molecule is O=C(O)C(CCCCc1ccccc1)c1ccccc1Br. The van der Waals surface area contributed by atoms with Gasteiger partial charge in [-0.1, -0.05) is 70.9 Å². The average Bonchev–Trinajstić information content (AvgIpc) is 2.49. The third-order valence-corrected chi connectivity index (χ3v) is 4.35. The van der Waals surface area contributed by atoms with Crippen molar-refractivity contribution in [2.24, 2.45) is 0 Å². The van der Waals surface area contributed by atoms with Crippen molar-refractivity contribution < 1.29 is 9.90 Å². The van der Waals surface area contributed by atoms with Crippen LogP contribution in [0.15, 0.2) is 59.1 Å². The van der Waals surface area contributed by atoms with Crippen LogP contribution in [-0.4, -0.2) is 11.1 Å². The van der Waals surface area contributed by atoms with E-state index in [4.69, 9.17) is 0 Å². The van der Waals surface area contributed by atoms with Gasteiger partial charge in [0.15, 0.2) is 0 Å². The number of hydrogen-bond acceptors (Lipinski definition) is 1. The zero-order chi connectivity index (χ0) is 15.1. The van der Waals surface area contributed by atoms with Crippen molar-refractivity contribution in [1.82, 2.24) is 0 Å². The molecule has 2 nitrogen and oxygen atoms in total. The van der Waals surface area contributed by atoms with E-state index in [-0.39, 0.29) is 0 Å². The Morgan fingerprint density at radius 1 is 1.00 bits per heavy atom. The first-order chi connectivity index (χ1) is 10.2. The first-order valence-corrected chi connectivity index (χ1v) is 7.99. The van der Waals surface area contributed by atoms with Crippen LogP contribution >= 0.6 is 15.9 Å². The maximum absolute atomic E-state index is 11.5. The number of unbranched alkanes of at least 4 members (excludes halogenated alkanes) is 1. The molecule has 0 heterocycles. The molecule has 2 rings (SSSR count). The van der Waals surface area contributed by atoms with Crippen LogP contribution in [0.4, 0.5) is 0 Å². The maximum Gasteiger partial charge on any atom is 0.311 e. The van der Waals surface area contributed by atoms with Gasteiger partial charge in [0.25, 0.3) is 0 Å². The summed E-state index contributed by atoms with van der Waals surface area (Å²) >= 11 is 3.45. The lowest BCUT2D eigenvalue weighted by molar-refractivity contribution is -0.139. The lowest BCUT2D eigenvalue weighted by Crippen LogP contribution is -2.12.